The minimum atomic E-state index is -0.331. The summed E-state index contributed by atoms with van der Waals surface area (Å²) in [4.78, 5) is 21.6. The van der Waals surface area contributed by atoms with Crippen LogP contribution in [0.4, 0.5) is 10.3 Å². The predicted molar refractivity (Wildman–Crippen MR) is 141 cm³/mol. The van der Waals surface area contributed by atoms with Crippen molar-refractivity contribution in [3.05, 3.63) is 114 Å². The van der Waals surface area contributed by atoms with Gasteiger partial charge in [-0.2, -0.15) is 0 Å². The summed E-state index contributed by atoms with van der Waals surface area (Å²) in [5, 5.41) is 0. The highest BCUT2D eigenvalue weighted by Crippen LogP contribution is 2.41. The molecule has 6 nitrogen and oxygen atoms in total. The van der Waals surface area contributed by atoms with E-state index in [-0.39, 0.29) is 17.4 Å². The van der Waals surface area contributed by atoms with Gasteiger partial charge in [-0.15, -0.1) is 0 Å². The van der Waals surface area contributed by atoms with Gasteiger partial charge in [0.05, 0.1) is 29.5 Å². The fraction of sp³-hybridized carbons (Fsp3) is 0.241. The summed E-state index contributed by atoms with van der Waals surface area (Å²) in [5.74, 6) is 1.10. The van der Waals surface area contributed by atoms with E-state index in [2.05, 4.69) is 17.0 Å². The highest BCUT2D eigenvalue weighted by molar-refractivity contribution is 7.07. The number of allylic oxidation sites excluding steroid dienone is 1. The first-order chi connectivity index (χ1) is 18.2. The minimum Gasteiger partial charge on any atom is -0.441 e. The van der Waals surface area contributed by atoms with Gasteiger partial charge < -0.3 is 14.1 Å². The van der Waals surface area contributed by atoms with Crippen LogP contribution in [0.5, 0.6) is 0 Å². The Labute approximate surface area is 216 Å². The maximum atomic E-state index is 13.8. The van der Waals surface area contributed by atoms with Gasteiger partial charge in [0.1, 0.15) is 11.6 Å². The zero-order valence-electron chi connectivity index (χ0n) is 20.0. The van der Waals surface area contributed by atoms with Gasteiger partial charge in [0.15, 0.2) is 10.7 Å². The summed E-state index contributed by atoms with van der Waals surface area (Å²) in [5.41, 5.74) is 5.15. The van der Waals surface area contributed by atoms with E-state index in [9.17, 15) is 9.18 Å². The molecule has 1 atom stereocenters. The number of furan rings is 1. The normalized spacial score (nSPS) is 19.3. The van der Waals surface area contributed by atoms with E-state index in [0.717, 1.165) is 54.2 Å². The number of rotatable bonds is 3. The Bertz CT molecular complexity index is 1710. The molecule has 7 rings (SSSR count). The Morgan fingerprint density at radius 3 is 2.65 bits per heavy atom. The molecule has 0 saturated carbocycles. The summed E-state index contributed by atoms with van der Waals surface area (Å²) in [6.45, 7) is 2.90. The Kier molecular flexibility index (Phi) is 5.44. The van der Waals surface area contributed by atoms with E-state index in [1.807, 2.05) is 24.3 Å². The van der Waals surface area contributed by atoms with Gasteiger partial charge in [-0.3, -0.25) is 9.36 Å². The number of ether oxygens (including phenoxy) is 1. The van der Waals surface area contributed by atoms with Crippen LogP contribution in [-0.4, -0.2) is 30.9 Å². The molecule has 1 fully saturated rings. The monoisotopic (exact) mass is 513 g/mol. The first-order valence-corrected chi connectivity index (χ1v) is 13.3. The Morgan fingerprint density at radius 2 is 1.81 bits per heavy atom. The van der Waals surface area contributed by atoms with E-state index in [1.165, 1.54) is 29.0 Å². The van der Waals surface area contributed by atoms with Crippen molar-refractivity contribution >= 4 is 29.0 Å². The number of fused-ring (bicyclic) bond motifs is 3. The molecule has 3 aliphatic rings. The summed E-state index contributed by atoms with van der Waals surface area (Å²) < 4.78 is 27.6. The number of benzene rings is 2. The lowest BCUT2D eigenvalue weighted by molar-refractivity contribution is 0.120. The van der Waals surface area contributed by atoms with E-state index in [1.54, 1.807) is 22.8 Å². The standard InChI is InChI=1S/C29H24FN3O3S/c30-20-8-5-19(6-9-20)27-23-11-7-18-3-1-2-4-22(18)26(23)31-29-33(27)28(34)24(37-29)17-21-10-12-25(36-21)32-13-15-35-16-14-32/h1-6,8-10,12,17,27H,7,11,13-16H2/b24-17-/t27-/m1/s1. The van der Waals surface area contributed by atoms with Crippen molar-refractivity contribution in [2.75, 3.05) is 31.2 Å². The third kappa shape index (κ3) is 3.88. The lowest BCUT2D eigenvalue weighted by Crippen LogP contribution is -2.38. The van der Waals surface area contributed by atoms with Gasteiger partial charge in [0.2, 0.25) is 0 Å². The van der Waals surface area contributed by atoms with Gasteiger partial charge in [0.25, 0.3) is 5.56 Å². The van der Waals surface area contributed by atoms with Crippen molar-refractivity contribution in [3.63, 3.8) is 0 Å². The molecule has 37 heavy (non-hydrogen) atoms. The number of morpholine rings is 1. The first kappa shape index (κ1) is 22.4. The van der Waals surface area contributed by atoms with E-state index in [4.69, 9.17) is 14.1 Å². The van der Waals surface area contributed by atoms with Crippen LogP contribution in [0, 0.1) is 5.82 Å². The van der Waals surface area contributed by atoms with E-state index < -0.39 is 0 Å². The molecule has 0 amide bonds. The quantitative estimate of drug-likeness (QED) is 0.417. The summed E-state index contributed by atoms with van der Waals surface area (Å²) >= 11 is 1.36. The minimum absolute atomic E-state index is 0.118. The van der Waals surface area contributed by atoms with Crippen LogP contribution >= 0.6 is 11.3 Å². The van der Waals surface area contributed by atoms with Crippen LogP contribution in [0.1, 0.15) is 34.9 Å². The van der Waals surface area contributed by atoms with Gasteiger partial charge in [-0.25, -0.2) is 9.38 Å². The molecule has 186 valence electrons. The molecule has 4 aromatic rings. The van der Waals surface area contributed by atoms with Gasteiger partial charge in [0, 0.05) is 30.8 Å². The fourth-order valence-electron chi connectivity index (χ4n) is 5.47. The third-order valence-electron chi connectivity index (χ3n) is 7.27. The Morgan fingerprint density at radius 1 is 1.00 bits per heavy atom. The Hall–Kier alpha value is -3.75. The molecule has 8 heteroatoms. The van der Waals surface area contributed by atoms with E-state index >= 15 is 0 Å². The second kappa shape index (κ2) is 8.97. The lowest BCUT2D eigenvalue weighted by Gasteiger charge is -2.30. The number of halogens is 1. The number of thiazole rings is 1. The van der Waals surface area contributed by atoms with Crippen molar-refractivity contribution in [3.8, 4) is 0 Å². The molecule has 2 aromatic carbocycles. The first-order valence-electron chi connectivity index (χ1n) is 12.5. The second-order valence-corrected chi connectivity index (χ2v) is 10.4. The van der Waals surface area contributed by atoms with Gasteiger partial charge >= 0.3 is 0 Å². The van der Waals surface area contributed by atoms with Gasteiger partial charge in [-0.1, -0.05) is 47.7 Å². The Balaban J connectivity index is 1.38. The highest BCUT2D eigenvalue weighted by atomic mass is 32.1. The SMILES string of the molecule is O=c1/c(=C/c2ccc(N3CCOCC3)o2)sc2n1[C@H](c1ccc(F)cc1)C1=C(N=2)c2ccccc2CC1. The molecule has 0 N–H and O–H groups in total. The lowest BCUT2D eigenvalue weighted by atomic mass is 9.83. The summed E-state index contributed by atoms with van der Waals surface area (Å²) in [7, 11) is 0. The molecule has 0 bridgehead atoms. The maximum absolute atomic E-state index is 13.8. The topological polar surface area (TPSA) is 60.0 Å². The summed E-state index contributed by atoms with van der Waals surface area (Å²) in [6, 6.07) is 18.3. The van der Waals surface area contributed by atoms with Crippen LogP contribution in [-0.2, 0) is 11.2 Å². The molecular weight excluding hydrogens is 489 g/mol. The highest BCUT2D eigenvalue weighted by Gasteiger charge is 2.32. The molecule has 2 aromatic heterocycles. The number of anilines is 1. The van der Waals surface area contributed by atoms with E-state index in [0.29, 0.717) is 28.3 Å². The summed E-state index contributed by atoms with van der Waals surface area (Å²) in [6.07, 6.45) is 3.47. The number of aryl methyl sites for hydroxylation is 1. The largest absolute Gasteiger partial charge is 0.441 e. The van der Waals surface area contributed by atoms with Crippen LogP contribution in [0.25, 0.3) is 11.8 Å². The van der Waals surface area contributed by atoms with Gasteiger partial charge in [-0.05, 0) is 47.7 Å². The van der Waals surface area contributed by atoms with Crippen LogP contribution in [0.2, 0.25) is 0 Å². The number of aromatic nitrogens is 1. The maximum Gasteiger partial charge on any atom is 0.271 e. The number of hydrogen-bond acceptors (Lipinski definition) is 6. The molecule has 0 unspecified atom stereocenters. The molecule has 1 aliphatic carbocycles. The third-order valence-corrected chi connectivity index (χ3v) is 8.25. The smallest absolute Gasteiger partial charge is 0.271 e. The van der Waals surface area contributed by atoms with Crippen molar-refractivity contribution < 1.29 is 13.5 Å². The molecule has 1 saturated heterocycles. The van der Waals surface area contributed by atoms with Crippen molar-refractivity contribution in [1.82, 2.24) is 4.57 Å². The zero-order valence-corrected chi connectivity index (χ0v) is 20.8. The average Bonchev–Trinajstić information content (AvgIpc) is 3.53. The molecule has 2 aliphatic heterocycles. The number of nitrogens with zero attached hydrogens (tertiary/aromatic N) is 3. The van der Waals surface area contributed by atoms with Crippen LogP contribution in [0.3, 0.4) is 0 Å². The van der Waals surface area contributed by atoms with Crippen LogP contribution < -0.4 is 19.8 Å². The average molecular weight is 514 g/mol. The molecular formula is C29H24FN3O3S. The van der Waals surface area contributed by atoms with Crippen molar-refractivity contribution in [2.24, 2.45) is 4.99 Å². The second-order valence-electron chi connectivity index (χ2n) is 9.44. The fourth-order valence-corrected chi connectivity index (χ4v) is 6.45. The molecule has 0 spiro atoms. The predicted octanol–water partition coefficient (Wildman–Crippen LogP) is 3.89. The molecule has 0 radical (unpaired) electrons. The zero-order chi connectivity index (χ0) is 24.9. The van der Waals surface area contributed by atoms with Crippen LogP contribution in [0.15, 0.2) is 80.4 Å². The van der Waals surface area contributed by atoms with Crippen molar-refractivity contribution in [2.45, 2.75) is 18.9 Å². The molecule has 4 heterocycles. The van der Waals surface area contributed by atoms with Crippen molar-refractivity contribution in [1.29, 1.82) is 0 Å². The number of hydrogen-bond donors (Lipinski definition) is 0.